The van der Waals surface area contributed by atoms with E-state index in [2.05, 4.69) is 11.9 Å². The number of rotatable bonds is 15. The normalized spacial score (nSPS) is 12.3. The van der Waals surface area contributed by atoms with Crippen LogP contribution in [0.15, 0.2) is 42.6 Å². The average molecular weight is 462 g/mol. The summed E-state index contributed by atoms with van der Waals surface area (Å²) in [5.41, 5.74) is 1.77. The lowest BCUT2D eigenvalue weighted by Crippen LogP contribution is -2.18. The van der Waals surface area contributed by atoms with Gasteiger partial charge in [-0.25, -0.2) is 13.6 Å². The summed E-state index contributed by atoms with van der Waals surface area (Å²) in [4.78, 5) is 16.8. The Kier molecular flexibility index (Phi) is 12.0. The molecule has 182 valence electrons. The molecule has 0 unspecified atom stereocenters. The highest BCUT2D eigenvalue weighted by Crippen LogP contribution is 2.26. The minimum Gasteiger partial charge on any atom is -0.423 e. The third-order valence-corrected chi connectivity index (χ3v) is 5.42. The topological polar surface area (TPSA) is 48.4 Å². The van der Waals surface area contributed by atoms with Crippen molar-refractivity contribution < 1.29 is 23.0 Å². The molecule has 1 aromatic heterocycles. The van der Waals surface area contributed by atoms with Crippen LogP contribution < -0.4 is 4.74 Å². The van der Waals surface area contributed by atoms with Gasteiger partial charge in [0.15, 0.2) is 0 Å². The van der Waals surface area contributed by atoms with E-state index in [0.29, 0.717) is 23.5 Å². The summed E-state index contributed by atoms with van der Waals surface area (Å²) >= 11 is 0. The lowest BCUT2D eigenvalue weighted by atomic mass is 10.0. The molecule has 0 bridgehead atoms. The molecule has 0 N–H and O–H groups in total. The Balaban J connectivity index is 1.85. The van der Waals surface area contributed by atoms with Crippen LogP contribution in [0.4, 0.5) is 8.78 Å². The number of hydrogen-bond donors (Lipinski definition) is 0. The fourth-order valence-corrected chi connectivity index (χ4v) is 3.47. The highest BCUT2D eigenvalue weighted by Gasteiger charge is 2.23. The molecule has 6 heteroatoms. The second kappa shape index (κ2) is 14.7. The number of carbonyl (C=O) groups excluding carboxylic acids is 1. The molecule has 2 aromatic rings. The van der Waals surface area contributed by atoms with Gasteiger partial charge in [0.25, 0.3) is 0 Å². The number of carbonyl (C=O) groups is 1. The van der Waals surface area contributed by atoms with E-state index >= 15 is 0 Å². The van der Waals surface area contributed by atoms with E-state index in [1.54, 1.807) is 18.2 Å². The molecule has 1 atom stereocenters. The number of benzene rings is 1. The van der Waals surface area contributed by atoms with E-state index in [1.807, 2.05) is 19.9 Å². The van der Waals surface area contributed by atoms with E-state index in [0.717, 1.165) is 18.5 Å². The number of pyridine rings is 1. The Hall–Kier alpha value is -2.34. The molecule has 2 rings (SSSR count). The smallest absolute Gasteiger partial charge is 0.345 e. The van der Waals surface area contributed by atoms with E-state index in [4.69, 9.17) is 9.47 Å². The Bertz CT molecular complexity index is 807. The molecule has 0 fully saturated rings. The summed E-state index contributed by atoms with van der Waals surface area (Å²) in [6, 6.07) is 9.75. The highest BCUT2D eigenvalue weighted by atomic mass is 19.3. The number of nitrogens with zero attached hydrogens (tertiary/aromatic N) is 1. The third-order valence-electron chi connectivity index (χ3n) is 5.42. The quantitative estimate of drug-likeness (QED) is 0.160. The second-order valence-electron chi connectivity index (χ2n) is 8.89. The number of unbranched alkanes of at least 4 members (excludes halogenated alkanes) is 5. The van der Waals surface area contributed by atoms with E-state index in [9.17, 15) is 13.6 Å². The molecule has 0 amide bonds. The molecule has 33 heavy (non-hydrogen) atoms. The first kappa shape index (κ1) is 26.9. The first-order chi connectivity index (χ1) is 15.9. The molecular formula is C27H37F2NO3. The van der Waals surface area contributed by atoms with Gasteiger partial charge < -0.3 is 9.47 Å². The minimum atomic E-state index is -2.54. The zero-order valence-electron chi connectivity index (χ0n) is 20.1. The predicted octanol–water partition coefficient (Wildman–Crippen LogP) is 7.23. The van der Waals surface area contributed by atoms with Gasteiger partial charge in [0.05, 0.1) is 18.1 Å². The second-order valence-corrected chi connectivity index (χ2v) is 8.89. The van der Waals surface area contributed by atoms with Crippen molar-refractivity contribution in [1.82, 2.24) is 4.98 Å². The Labute approximate surface area is 196 Å². The van der Waals surface area contributed by atoms with Gasteiger partial charge in [-0.3, -0.25) is 4.98 Å². The van der Waals surface area contributed by atoms with Crippen LogP contribution in [0, 0.1) is 5.92 Å². The number of aromatic nitrogens is 1. The molecule has 1 aromatic carbocycles. The van der Waals surface area contributed by atoms with Gasteiger partial charge in [-0.1, -0.05) is 65.0 Å². The maximum Gasteiger partial charge on any atom is 0.345 e. The van der Waals surface area contributed by atoms with Crippen molar-refractivity contribution in [3.05, 3.63) is 59.4 Å². The van der Waals surface area contributed by atoms with Crippen LogP contribution in [0.5, 0.6) is 5.75 Å². The lowest BCUT2D eigenvalue weighted by Gasteiger charge is -2.18. The van der Waals surface area contributed by atoms with E-state index in [-0.39, 0.29) is 12.5 Å². The molecule has 0 saturated heterocycles. The minimum absolute atomic E-state index is 0.0499. The molecule has 0 spiro atoms. The zero-order chi connectivity index (χ0) is 24.1. The van der Waals surface area contributed by atoms with Crippen molar-refractivity contribution in [3.63, 3.8) is 0 Å². The molecule has 1 heterocycles. The monoisotopic (exact) mass is 461 g/mol. The number of hydrogen-bond acceptors (Lipinski definition) is 4. The first-order valence-corrected chi connectivity index (χ1v) is 12.0. The van der Waals surface area contributed by atoms with Crippen LogP contribution in [-0.4, -0.2) is 30.6 Å². The van der Waals surface area contributed by atoms with Gasteiger partial charge in [0.2, 0.25) is 6.43 Å². The number of halogens is 2. The summed E-state index contributed by atoms with van der Waals surface area (Å²) in [7, 11) is 0. The molecule has 4 nitrogen and oxygen atoms in total. The summed E-state index contributed by atoms with van der Waals surface area (Å²) in [5, 5.41) is 0. The fourth-order valence-electron chi connectivity index (χ4n) is 3.47. The Morgan fingerprint density at radius 1 is 0.939 bits per heavy atom. The zero-order valence-corrected chi connectivity index (χ0v) is 20.1. The van der Waals surface area contributed by atoms with Gasteiger partial charge >= 0.3 is 5.97 Å². The average Bonchev–Trinajstić information content (AvgIpc) is 2.80. The molecule has 0 radical (unpaired) electrons. The van der Waals surface area contributed by atoms with Gasteiger partial charge in [-0.2, -0.15) is 0 Å². The van der Waals surface area contributed by atoms with Gasteiger partial charge in [-0.05, 0) is 48.6 Å². The summed E-state index contributed by atoms with van der Waals surface area (Å²) < 4.78 is 37.7. The number of alkyl halides is 2. The molecule has 0 aliphatic carbocycles. The molecule has 0 aliphatic rings. The van der Waals surface area contributed by atoms with E-state index in [1.165, 1.54) is 50.4 Å². The van der Waals surface area contributed by atoms with Crippen molar-refractivity contribution in [2.24, 2.45) is 5.92 Å². The number of ether oxygens (including phenoxy) is 2. The maximum absolute atomic E-state index is 13.4. The summed E-state index contributed by atoms with van der Waals surface area (Å²) in [5.74, 6) is -0.954. The SMILES string of the molecule is CCCCCCCCc1ccc(C(=O)Oc2ccc([C@H](COCC(C)C)C(F)F)cc2)cn1. The Morgan fingerprint density at radius 3 is 2.24 bits per heavy atom. The van der Waals surface area contributed by atoms with Gasteiger partial charge in [0, 0.05) is 18.5 Å². The fraction of sp³-hybridized carbons (Fsp3) is 0.556. The molecular weight excluding hydrogens is 424 g/mol. The van der Waals surface area contributed by atoms with Crippen LogP contribution in [0.3, 0.4) is 0 Å². The van der Waals surface area contributed by atoms with Crippen LogP contribution in [0.2, 0.25) is 0 Å². The van der Waals surface area contributed by atoms with Crippen molar-refractivity contribution in [2.75, 3.05) is 13.2 Å². The number of esters is 1. The van der Waals surface area contributed by atoms with Crippen LogP contribution in [0.1, 0.15) is 86.8 Å². The Morgan fingerprint density at radius 2 is 1.64 bits per heavy atom. The van der Waals surface area contributed by atoms with E-state index < -0.39 is 18.3 Å². The van der Waals surface area contributed by atoms with Crippen molar-refractivity contribution in [3.8, 4) is 5.75 Å². The largest absolute Gasteiger partial charge is 0.423 e. The standard InChI is InChI=1S/C27H37F2NO3/c1-4-5-6-7-8-9-10-23-14-11-22(17-30-23)27(31)33-24-15-12-21(13-16-24)25(26(28)29)19-32-18-20(2)3/h11-17,20,25-26H,4-10,18-19H2,1-3H3/t25-/m0/s1. The third kappa shape index (κ3) is 9.99. The van der Waals surface area contributed by atoms with Crippen molar-refractivity contribution >= 4 is 5.97 Å². The van der Waals surface area contributed by atoms with Crippen LogP contribution in [0.25, 0.3) is 0 Å². The first-order valence-electron chi connectivity index (χ1n) is 12.0. The molecule has 0 aliphatic heterocycles. The van der Waals surface area contributed by atoms with Crippen molar-refractivity contribution in [2.45, 2.75) is 78.1 Å². The summed E-state index contributed by atoms with van der Waals surface area (Å²) in [6.45, 7) is 6.54. The number of aryl methyl sites for hydroxylation is 1. The van der Waals surface area contributed by atoms with Crippen molar-refractivity contribution in [1.29, 1.82) is 0 Å². The van der Waals surface area contributed by atoms with Gasteiger partial charge in [-0.15, -0.1) is 0 Å². The predicted molar refractivity (Wildman–Crippen MR) is 127 cm³/mol. The highest BCUT2D eigenvalue weighted by molar-refractivity contribution is 5.90. The van der Waals surface area contributed by atoms with Gasteiger partial charge in [0.1, 0.15) is 5.75 Å². The van der Waals surface area contributed by atoms with Crippen LogP contribution >= 0.6 is 0 Å². The summed E-state index contributed by atoms with van der Waals surface area (Å²) in [6.07, 6.45) is 7.24. The lowest BCUT2D eigenvalue weighted by molar-refractivity contribution is 0.0344. The van der Waals surface area contributed by atoms with Crippen LogP contribution in [-0.2, 0) is 11.2 Å². The maximum atomic E-state index is 13.4. The molecule has 0 saturated carbocycles.